The number of alkyl carbamates (subject to hydrolysis) is 1. The summed E-state index contributed by atoms with van der Waals surface area (Å²) in [5, 5.41) is 11.4. The number of ether oxygens (including phenoxy) is 1. The van der Waals surface area contributed by atoms with Crippen LogP contribution in [0.15, 0.2) is 30.3 Å². The van der Waals surface area contributed by atoms with Gasteiger partial charge in [0.2, 0.25) is 0 Å². The topological polar surface area (TPSA) is 58.6 Å². The molecule has 1 atom stereocenters. The maximum Gasteiger partial charge on any atom is 0.407 e. The molecule has 0 aliphatic rings. The van der Waals surface area contributed by atoms with Crippen molar-refractivity contribution in [3.8, 4) is 0 Å². The van der Waals surface area contributed by atoms with Crippen molar-refractivity contribution in [2.24, 2.45) is 0 Å². The minimum absolute atomic E-state index is 0.0693. The Morgan fingerprint density at radius 1 is 1.33 bits per heavy atom. The minimum atomic E-state index is -0.393. The molecule has 100 valence electrons. The third-order valence-corrected chi connectivity index (χ3v) is 2.62. The first kappa shape index (κ1) is 14.5. The summed E-state index contributed by atoms with van der Waals surface area (Å²) < 4.78 is 5.11. The molecule has 0 heterocycles. The van der Waals surface area contributed by atoms with Gasteiger partial charge in [0.15, 0.2) is 0 Å². The van der Waals surface area contributed by atoms with Crippen molar-refractivity contribution in [3.05, 3.63) is 35.9 Å². The lowest BCUT2D eigenvalue weighted by Gasteiger charge is -2.13. The first-order chi connectivity index (χ1) is 8.72. The average molecular weight is 251 g/mol. The van der Waals surface area contributed by atoms with Crippen molar-refractivity contribution in [2.45, 2.75) is 38.8 Å². The second-order valence-corrected chi connectivity index (χ2v) is 4.33. The van der Waals surface area contributed by atoms with E-state index < -0.39 is 6.09 Å². The molecular formula is C14H21NO3. The van der Waals surface area contributed by atoms with Gasteiger partial charge in [-0.05, 0) is 31.7 Å². The molecule has 4 heteroatoms. The molecule has 1 amide bonds. The molecule has 0 saturated heterocycles. The molecule has 0 aliphatic heterocycles. The Balaban J connectivity index is 2.17. The van der Waals surface area contributed by atoms with Gasteiger partial charge in [0.05, 0.1) is 0 Å². The van der Waals surface area contributed by atoms with Gasteiger partial charge >= 0.3 is 6.09 Å². The van der Waals surface area contributed by atoms with E-state index >= 15 is 0 Å². The SMILES string of the molecule is CC(CCCCO)NC(=O)OCc1ccccc1. The van der Waals surface area contributed by atoms with Crippen molar-refractivity contribution in [1.29, 1.82) is 0 Å². The van der Waals surface area contributed by atoms with E-state index in [1.165, 1.54) is 0 Å². The van der Waals surface area contributed by atoms with Crippen LogP contribution >= 0.6 is 0 Å². The van der Waals surface area contributed by atoms with Crippen molar-refractivity contribution >= 4 is 6.09 Å². The number of nitrogens with one attached hydrogen (secondary N) is 1. The zero-order chi connectivity index (χ0) is 13.2. The van der Waals surface area contributed by atoms with Crippen LogP contribution in [0.3, 0.4) is 0 Å². The number of carbonyl (C=O) groups excluding carboxylic acids is 1. The van der Waals surface area contributed by atoms with E-state index in [0.29, 0.717) is 0 Å². The van der Waals surface area contributed by atoms with Crippen LogP contribution in [0.25, 0.3) is 0 Å². The summed E-state index contributed by atoms with van der Waals surface area (Å²) in [4.78, 5) is 11.5. The molecular weight excluding hydrogens is 230 g/mol. The first-order valence-electron chi connectivity index (χ1n) is 6.30. The van der Waals surface area contributed by atoms with Gasteiger partial charge in [0.25, 0.3) is 0 Å². The van der Waals surface area contributed by atoms with E-state index in [1.54, 1.807) is 0 Å². The summed E-state index contributed by atoms with van der Waals surface area (Å²) >= 11 is 0. The van der Waals surface area contributed by atoms with E-state index in [9.17, 15) is 4.79 Å². The summed E-state index contributed by atoms with van der Waals surface area (Å²) in [6.45, 7) is 2.42. The van der Waals surface area contributed by atoms with Gasteiger partial charge in [-0.15, -0.1) is 0 Å². The molecule has 4 nitrogen and oxygen atoms in total. The summed E-state index contributed by atoms with van der Waals surface area (Å²) in [7, 11) is 0. The Labute approximate surface area is 108 Å². The van der Waals surface area contributed by atoms with Crippen LogP contribution in [-0.2, 0) is 11.3 Å². The molecule has 1 unspecified atom stereocenters. The number of unbranched alkanes of at least 4 members (excludes halogenated alkanes) is 1. The van der Waals surface area contributed by atoms with Crippen LogP contribution in [-0.4, -0.2) is 23.8 Å². The van der Waals surface area contributed by atoms with Crippen molar-refractivity contribution in [3.63, 3.8) is 0 Å². The summed E-state index contributed by atoms with van der Waals surface area (Å²) in [5.41, 5.74) is 0.973. The Kier molecular flexibility index (Phi) is 6.87. The lowest BCUT2D eigenvalue weighted by Crippen LogP contribution is -2.32. The van der Waals surface area contributed by atoms with Gasteiger partial charge in [-0.2, -0.15) is 0 Å². The largest absolute Gasteiger partial charge is 0.445 e. The Morgan fingerprint density at radius 2 is 2.06 bits per heavy atom. The van der Waals surface area contributed by atoms with Gasteiger partial charge in [0.1, 0.15) is 6.61 Å². The van der Waals surface area contributed by atoms with Crippen molar-refractivity contribution in [1.82, 2.24) is 5.32 Å². The van der Waals surface area contributed by atoms with Crippen LogP contribution in [0.1, 0.15) is 31.7 Å². The predicted octanol–water partition coefficient (Wildman–Crippen LogP) is 2.46. The predicted molar refractivity (Wildman–Crippen MR) is 70.2 cm³/mol. The Morgan fingerprint density at radius 3 is 2.72 bits per heavy atom. The van der Waals surface area contributed by atoms with Crippen LogP contribution < -0.4 is 5.32 Å². The van der Waals surface area contributed by atoms with Gasteiger partial charge in [-0.3, -0.25) is 0 Å². The highest BCUT2D eigenvalue weighted by atomic mass is 16.5. The lowest BCUT2D eigenvalue weighted by atomic mass is 10.1. The van der Waals surface area contributed by atoms with Crippen LogP contribution in [0.4, 0.5) is 4.79 Å². The Hall–Kier alpha value is -1.55. The number of benzene rings is 1. The number of rotatable bonds is 7. The molecule has 0 bridgehead atoms. The third kappa shape index (κ3) is 6.25. The summed E-state index contributed by atoms with van der Waals surface area (Å²) in [6, 6.07) is 9.64. The van der Waals surface area contributed by atoms with Gasteiger partial charge < -0.3 is 15.2 Å². The number of aliphatic hydroxyl groups excluding tert-OH is 1. The van der Waals surface area contributed by atoms with Crippen LogP contribution in [0.2, 0.25) is 0 Å². The minimum Gasteiger partial charge on any atom is -0.445 e. The molecule has 0 aromatic heterocycles. The summed E-state index contributed by atoms with van der Waals surface area (Å²) in [6.07, 6.45) is 2.12. The molecule has 1 aromatic rings. The number of amides is 1. The normalized spacial score (nSPS) is 11.9. The van der Waals surface area contributed by atoms with Gasteiger partial charge in [-0.1, -0.05) is 30.3 Å². The molecule has 0 saturated carbocycles. The molecule has 0 spiro atoms. The zero-order valence-corrected chi connectivity index (χ0v) is 10.8. The average Bonchev–Trinajstić information content (AvgIpc) is 2.38. The second-order valence-electron chi connectivity index (χ2n) is 4.33. The lowest BCUT2D eigenvalue weighted by molar-refractivity contribution is 0.135. The fourth-order valence-electron chi connectivity index (χ4n) is 1.60. The van der Waals surface area contributed by atoms with E-state index in [4.69, 9.17) is 9.84 Å². The van der Waals surface area contributed by atoms with E-state index in [1.807, 2.05) is 37.3 Å². The fourth-order valence-corrected chi connectivity index (χ4v) is 1.60. The third-order valence-electron chi connectivity index (χ3n) is 2.62. The molecule has 18 heavy (non-hydrogen) atoms. The first-order valence-corrected chi connectivity index (χ1v) is 6.30. The monoisotopic (exact) mass is 251 g/mol. The van der Waals surface area contributed by atoms with Crippen LogP contribution in [0.5, 0.6) is 0 Å². The maximum atomic E-state index is 11.5. The highest BCUT2D eigenvalue weighted by Gasteiger charge is 2.07. The van der Waals surface area contributed by atoms with E-state index in [-0.39, 0.29) is 19.3 Å². The summed E-state index contributed by atoms with van der Waals surface area (Å²) in [5.74, 6) is 0. The highest BCUT2D eigenvalue weighted by Crippen LogP contribution is 2.03. The molecule has 1 rings (SSSR count). The van der Waals surface area contributed by atoms with E-state index in [0.717, 1.165) is 24.8 Å². The van der Waals surface area contributed by atoms with Crippen molar-refractivity contribution in [2.75, 3.05) is 6.61 Å². The molecule has 0 fully saturated rings. The standard InChI is InChI=1S/C14H21NO3/c1-12(7-5-6-10-16)15-14(17)18-11-13-8-3-2-4-9-13/h2-4,8-9,12,16H,5-7,10-11H2,1H3,(H,15,17). The van der Waals surface area contributed by atoms with Gasteiger partial charge in [0, 0.05) is 12.6 Å². The highest BCUT2D eigenvalue weighted by molar-refractivity contribution is 5.67. The smallest absolute Gasteiger partial charge is 0.407 e. The molecule has 0 radical (unpaired) electrons. The molecule has 1 aromatic carbocycles. The molecule has 0 aliphatic carbocycles. The molecule has 2 N–H and O–H groups in total. The number of aliphatic hydroxyl groups is 1. The van der Waals surface area contributed by atoms with E-state index in [2.05, 4.69) is 5.32 Å². The maximum absolute atomic E-state index is 11.5. The Bertz CT molecular complexity index is 340. The fraction of sp³-hybridized carbons (Fsp3) is 0.500. The second kappa shape index (κ2) is 8.53. The quantitative estimate of drug-likeness (QED) is 0.732. The number of hydrogen-bond donors (Lipinski definition) is 2. The van der Waals surface area contributed by atoms with Crippen LogP contribution in [0, 0.1) is 0 Å². The number of hydrogen-bond acceptors (Lipinski definition) is 3. The van der Waals surface area contributed by atoms with Crippen molar-refractivity contribution < 1.29 is 14.6 Å². The van der Waals surface area contributed by atoms with Gasteiger partial charge in [-0.25, -0.2) is 4.79 Å². The number of carbonyl (C=O) groups is 1. The zero-order valence-electron chi connectivity index (χ0n) is 10.8.